The number of benzene rings is 1. The third kappa shape index (κ3) is 3.05. The van der Waals surface area contributed by atoms with Crippen LogP contribution in [0.1, 0.15) is 12.5 Å². The fourth-order valence-corrected chi connectivity index (χ4v) is 1.99. The molecule has 0 saturated carbocycles. The van der Waals surface area contributed by atoms with E-state index in [2.05, 4.69) is 6.07 Å². The maximum absolute atomic E-state index is 5.84. The molecule has 0 aliphatic carbocycles. The van der Waals surface area contributed by atoms with Crippen molar-refractivity contribution >= 4 is 23.4 Å². The Balaban J connectivity index is 2.72. The first-order valence-corrected chi connectivity index (χ1v) is 5.13. The molecule has 1 atom stereocenters. The highest BCUT2D eigenvalue weighted by Gasteiger charge is 1.99. The third-order valence-electron chi connectivity index (χ3n) is 1.43. The lowest BCUT2D eigenvalue weighted by atomic mass is 10.2. The number of halogens is 1. The Labute approximate surface area is 82.3 Å². The van der Waals surface area contributed by atoms with E-state index in [-0.39, 0.29) is 4.71 Å². The fourth-order valence-electron chi connectivity index (χ4n) is 0.933. The van der Waals surface area contributed by atoms with Crippen molar-refractivity contribution in [2.24, 2.45) is 5.73 Å². The molecule has 0 fully saturated rings. The van der Waals surface area contributed by atoms with Gasteiger partial charge in [-0.3, -0.25) is 0 Å². The monoisotopic (exact) mass is 201 g/mol. The summed E-state index contributed by atoms with van der Waals surface area (Å²) in [5.74, 6) is 0. The van der Waals surface area contributed by atoms with E-state index in [0.717, 1.165) is 5.56 Å². The molecule has 1 aromatic rings. The van der Waals surface area contributed by atoms with E-state index in [1.807, 2.05) is 25.1 Å². The summed E-state index contributed by atoms with van der Waals surface area (Å²) in [6.45, 7) is 2.55. The highest BCUT2D eigenvalue weighted by molar-refractivity contribution is 8.01. The molecule has 0 aliphatic rings. The summed E-state index contributed by atoms with van der Waals surface area (Å²) in [7, 11) is 0. The number of nitrogens with two attached hydrogens (primary N) is 1. The summed E-state index contributed by atoms with van der Waals surface area (Å²) in [6.07, 6.45) is 0. The first-order chi connectivity index (χ1) is 5.72. The lowest BCUT2D eigenvalue weighted by molar-refractivity contribution is 1.06. The van der Waals surface area contributed by atoms with Gasteiger partial charge in [-0.2, -0.15) is 0 Å². The number of hydrogen-bond donors (Lipinski definition) is 1. The Morgan fingerprint density at radius 2 is 2.33 bits per heavy atom. The molecule has 66 valence electrons. The van der Waals surface area contributed by atoms with Gasteiger partial charge in [0.15, 0.2) is 0 Å². The summed E-state index contributed by atoms with van der Waals surface area (Å²) >= 11 is 7.48. The highest BCUT2D eigenvalue weighted by Crippen LogP contribution is 2.25. The van der Waals surface area contributed by atoms with Crippen molar-refractivity contribution in [2.45, 2.75) is 23.1 Å². The van der Waals surface area contributed by atoms with Crippen LogP contribution in [0.15, 0.2) is 29.2 Å². The van der Waals surface area contributed by atoms with Gasteiger partial charge in [0.2, 0.25) is 0 Å². The molecule has 1 unspecified atom stereocenters. The van der Waals surface area contributed by atoms with E-state index in [9.17, 15) is 0 Å². The van der Waals surface area contributed by atoms with E-state index in [4.69, 9.17) is 17.3 Å². The molecule has 0 aromatic heterocycles. The zero-order valence-electron chi connectivity index (χ0n) is 6.96. The van der Waals surface area contributed by atoms with Gasteiger partial charge in [0.05, 0.1) is 4.71 Å². The molecule has 0 aliphatic heterocycles. The first kappa shape index (κ1) is 9.90. The Morgan fingerprint density at radius 1 is 1.58 bits per heavy atom. The molecule has 0 bridgehead atoms. The minimum atomic E-state index is 0.109. The molecule has 3 heteroatoms. The van der Waals surface area contributed by atoms with Crippen molar-refractivity contribution in [3.8, 4) is 0 Å². The molecule has 0 amide bonds. The van der Waals surface area contributed by atoms with E-state index in [1.54, 1.807) is 11.8 Å². The molecule has 1 nitrogen and oxygen atoms in total. The Bertz CT molecular complexity index is 250. The molecule has 0 saturated heterocycles. The second-order valence-corrected chi connectivity index (χ2v) is 4.84. The van der Waals surface area contributed by atoms with E-state index in [1.165, 1.54) is 4.90 Å². The Kier molecular flexibility index (Phi) is 3.92. The van der Waals surface area contributed by atoms with Crippen molar-refractivity contribution in [3.05, 3.63) is 29.8 Å². The van der Waals surface area contributed by atoms with Crippen LogP contribution in [-0.4, -0.2) is 4.71 Å². The summed E-state index contributed by atoms with van der Waals surface area (Å²) in [5.41, 5.74) is 6.66. The minimum Gasteiger partial charge on any atom is -0.326 e. The maximum atomic E-state index is 5.84. The van der Waals surface area contributed by atoms with E-state index in [0.29, 0.717) is 6.54 Å². The van der Waals surface area contributed by atoms with Crippen molar-refractivity contribution in [3.63, 3.8) is 0 Å². The van der Waals surface area contributed by atoms with Crippen LogP contribution in [0.2, 0.25) is 0 Å². The summed E-state index contributed by atoms with van der Waals surface area (Å²) in [6, 6.07) is 8.14. The minimum absolute atomic E-state index is 0.109. The topological polar surface area (TPSA) is 26.0 Å². The van der Waals surface area contributed by atoms with Crippen molar-refractivity contribution in [1.29, 1.82) is 0 Å². The fraction of sp³-hybridized carbons (Fsp3) is 0.333. The highest BCUT2D eigenvalue weighted by atomic mass is 35.5. The molecular weight excluding hydrogens is 190 g/mol. The van der Waals surface area contributed by atoms with Gasteiger partial charge in [-0.1, -0.05) is 12.1 Å². The van der Waals surface area contributed by atoms with Crippen molar-refractivity contribution in [2.75, 3.05) is 0 Å². The second kappa shape index (κ2) is 4.75. The first-order valence-electron chi connectivity index (χ1n) is 3.82. The van der Waals surface area contributed by atoms with Gasteiger partial charge in [-0.05, 0) is 24.6 Å². The zero-order valence-corrected chi connectivity index (χ0v) is 8.53. The second-order valence-electron chi connectivity index (χ2n) is 2.51. The SMILES string of the molecule is CC(Cl)Sc1cccc(CN)c1. The van der Waals surface area contributed by atoms with Gasteiger partial charge in [0, 0.05) is 11.4 Å². The lowest BCUT2D eigenvalue weighted by Gasteiger charge is -2.04. The van der Waals surface area contributed by atoms with Crippen molar-refractivity contribution in [1.82, 2.24) is 0 Å². The van der Waals surface area contributed by atoms with Crippen LogP contribution in [0.25, 0.3) is 0 Å². The van der Waals surface area contributed by atoms with Gasteiger partial charge >= 0.3 is 0 Å². The standard InChI is InChI=1S/C9H12ClNS/c1-7(10)12-9-4-2-3-8(5-9)6-11/h2-5,7H,6,11H2,1H3. The molecule has 1 rings (SSSR count). The molecule has 2 N–H and O–H groups in total. The maximum Gasteiger partial charge on any atom is 0.0807 e. The number of thioether (sulfide) groups is 1. The van der Waals surface area contributed by atoms with Crippen LogP contribution in [-0.2, 0) is 6.54 Å². The average Bonchev–Trinajstić information content (AvgIpc) is 2.03. The van der Waals surface area contributed by atoms with Crippen LogP contribution in [0.4, 0.5) is 0 Å². The molecule has 0 heterocycles. The van der Waals surface area contributed by atoms with Crippen molar-refractivity contribution < 1.29 is 0 Å². The van der Waals surface area contributed by atoms with Gasteiger partial charge in [0.25, 0.3) is 0 Å². The van der Waals surface area contributed by atoms with E-state index >= 15 is 0 Å². The molecule has 0 radical (unpaired) electrons. The largest absolute Gasteiger partial charge is 0.326 e. The molecular formula is C9H12ClNS. The van der Waals surface area contributed by atoms with Crippen LogP contribution < -0.4 is 5.73 Å². The third-order valence-corrected chi connectivity index (χ3v) is 2.55. The number of rotatable bonds is 3. The summed E-state index contributed by atoms with van der Waals surface area (Å²) in [4.78, 5) is 1.18. The van der Waals surface area contributed by atoms with Gasteiger partial charge in [-0.25, -0.2) is 0 Å². The summed E-state index contributed by atoms with van der Waals surface area (Å²) in [5, 5.41) is 0. The average molecular weight is 202 g/mol. The quantitative estimate of drug-likeness (QED) is 0.601. The predicted octanol–water partition coefficient (Wildman–Crippen LogP) is 2.82. The number of hydrogen-bond acceptors (Lipinski definition) is 2. The van der Waals surface area contributed by atoms with Crippen LogP contribution in [0.5, 0.6) is 0 Å². The normalized spacial score (nSPS) is 12.9. The smallest absolute Gasteiger partial charge is 0.0807 e. The molecule has 1 aromatic carbocycles. The molecule has 12 heavy (non-hydrogen) atoms. The lowest BCUT2D eigenvalue weighted by Crippen LogP contribution is -1.95. The van der Waals surface area contributed by atoms with Gasteiger partial charge in [0.1, 0.15) is 0 Å². The van der Waals surface area contributed by atoms with E-state index < -0.39 is 0 Å². The zero-order chi connectivity index (χ0) is 8.97. The Morgan fingerprint density at radius 3 is 2.92 bits per heavy atom. The van der Waals surface area contributed by atoms with Crippen LogP contribution in [0.3, 0.4) is 0 Å². The predicted molar refractivity (Wildman–Crippen MR) is 55.5 cm³/mol. The number of alkyl halides is 1. The van der Waals surface area contributed by atoms with Crippen LogP contribution >= 0.6 is 23.4 Å². The molecule has 0 spiro atoms. The van der Waals surface area contributed by atoms with Gasteiger partial charge < -0.3 is 5.73 Å². The van der Waals surface area contributed by atoms with Crippen LogP contribution in [0, 0.1) is 0 Å². The summed E-state index contributed by atoms with van der Waals surface area (Å²) < 4.78 is 0.109. The van der Waals surface area contributed by atoms with Gasteiger partial charge in [-0.15, -0.1) is 23.4 Å². The Hall–Kier alpha value is -0.180.